The predicted octanol–water partition coefficient (Wildman–Crippen LogP) is 3.80. The normalized spacial score (nSPS) is 11.0. The van der Waals surface area contributed by atoms with Crippen LogP contribution in [0.25, 0.3) is 0 Å². The molecule has 1 rings (SSSR count). The van der Waals surface area contributed by atoms with E-state index in [-0.39, 0.29) is 24.0 Å². The molecule has 0 heterocycles. The highest BCUT2D eigenvalue weighted by molar-refractivity contribution is 14.0. The average molecular weight is 419 g/mol. The molecule has 0 fully saturated rings. The van der Waals surface area contributed by atoms with Gasteiger partial charge in [0, 0.05) is 20.1 Å². The molecule has 1 aromatic carbocycles. The molecule has 0 aliphatic carbocycles. The van der Waals surface area contributed by atoms with Gasteiger partial charge in [-0.3, -0.25) is 4.99 Å². The first kappa shape index (κ1) is 21.0. The number of rotatable bonds is 8. The zero-order valence-corrected chi connectivity index (χ0v) is 16.5. The van der Waals surface area contributed by atoms with Crippen LogP contribution in [0.15, 0.2) is 29.3 Å². The molecular weight excluding hydrogens is 389 g/mol. The Bertz CT molecular complexity index is 434. The molecule has 22 heavy (non-hydrogen) atoms. The van der Waals surface area contributed by atoms with Gasteiger partial charge in [0.15, 0.2) is 5.96 Å². The van der Waals surface area contributed by atoms with Crippen molar-refractivity contribution in [3.63, 3.8) is 0 Å². The lowest BCUT2D eigenvalue weighted by atomic mass is 10.0. The molecule has 0 aromatic heterocycles. The van der Waals surface area contributed by atoms with Gasteiger partial charge in [0.1, 0.15) is 5.75 Å². The van der Waals surface area contributed by atoms with Crippen LogP contribution in [-0.2, 0) is 6.54 Å². The molecule has 0 atom stereocenters. The topological polar surface area (TPSA) is 45.6 Å². The van der Waals surface area contributed by atoms with Crippen LogP contribution in [0.3, 0.4) is 0 Å². The van der Waals surface area contributed by atoms with Crippen molar-refractivity contribution in [2.45, 2.75) is 40.2 Å². The van der Waals surface area contributed by atoms with Crippen molar-refractivity contribution in [2.24, 2.45) is 10.9 Å². The SMILES string of the molecule is CCOc1cccc(CNC(=NC)NCC(CC)CC)c1.I. The number of hydrogen-bond donors (Lipinski definition) is 2. The summed E-state index contributed by atoms with van der Waals surface area (Å²) in [5, 5.41) is 6.73. The molecule has 0 bridgehead atoms. The number of ether oxygens (including phenoxy) is 1. The Morgan fingerprint density at radius 1 is 1.18 bits per heavy atom. The molecule has 0 unspecified atom stereocenters. The Balaban J connectivity index is 0.00000441. The van der Waals surface area contributed by atoms with Crippen molar-refractivity contribution in [2.75, 3.05) is 20.2 Å². The fourth-order valence-electron chi connectivity index (χ4n) is 2.14. The molecule has 0 aliphatic heterocycles. The number of hydrogen-bond acceptors (Lipinski definition) is 2. The van der Waals surface area contributed by atoms with Gasteiger partial charge in [-0.25, -0.2) is 0 Å². The molecule has 0 saturated heterocycles. The Hall–Kier alpha value is -0.980. The summed E-state index contributed by atoms with van der Waals surface area (Å²) >= 11 is 0. The third kappa shape index (κ3) is 7.87. The third-order valence-corrected chi connectivity index (χ3v) is 3.61. The zero-order chi connectivity index (χ0) is 15.5. The maximum Gasteiger partial charge on any atom is 0.191 e. The van der Waals surface area contributed by atoms with E-state index in [4.69, 9.17) is 4.74 Å². The smallest absolute Gasteiger partial charge is 0.191 e. The molecule has 126 valence electrons. The predicted molar refractivity (Wildman–Crippen MR) is 105 cm³/mol. The summed E-state index contributed by atoms with van der Waals surface area (Å²) in [6, 6.07) is 8.14. The monoisotopic (exact) mass is 419 g/mol. The van der Waals surface area contributed by atoms with E-state index in [1.807, 2.05) is 19.1 Å². The van der Waals surface area contributed by atoms with E-state index < -0.39 is 0 Å². The standard InChI is InChI=1S/C17H29N3O.HI/c1-5-14(6-2)12-19-17(18-4)20-13-15-9-8-10-16(11-15)21-7-3;/h8-11,14H,5-7,12-13H2,1-4H3,(H2,18,19,20);1H. The van der Waals surface area contributed by atoms with Gasteiger partial charge < -0.3 is 15.4 Å². The van der Waals surface area contributed by atoms with E-state index in [9.17, 15) is 0 Å². The number of nitrogens with one attached hydrogen (secondary N) is 2. The van der Waals surface area contributed by atoms with Crippen LogP contribution >= 0.6 is 24.0 Å². The van der Waals surface area contributed by atoms with Gasteiger partial charge in [0.25, 0.3) is 0 Å². The first-order chi connectivity index (χ1) is 10.2. The fourth-order valence-corrected chi connectivity index (χ4v) is 2.14. The lowest BCUT2D eigenvalue weighted by Crippen LogP contribution is -2.39. The van der Waals surface area contributed by atoms with E-state index in [2.05, 4.69) is 41.6 Å². The fraction of sp³-hybridized carbons (Fsp3) is 0.588. The van der Waals surface area contributed by atoms with E-state index in [0.29, 0.717) is 12.5 Å². The van der Waals surface area contributed by atoms with Crippen LogP contribution in [0.1, 0.15) is 39.2 Å². The van der Waals surface area contributed by atoms with E-state index in [0.717, 1.165) is 24.8 Å². The van der Waals surface area contributed by atoms with E-state index in [1.165, 1.54) is 18.4 Å². The molecule has 0 saturated carbocycles. The molecular formula is C17H30IN3O. The number of guanidine groups is 1. The van der Waals surface area contributed by atoms with Gasteiger partial charge in [-0.15, -0.1) is 24.0 Å². The van der Waals surface area contributed by atoms with Crippen molar-refractivity contribution in [3.05, 3.63) is 29.8 Å². The summed E-state index contributed by atoms with van der Waals surface area (Å²) < 4.78 is 5.51. The summed E-state index contributed by atoms with van der Waals surface area (Å²) in [6.07, 6.45) is 2.38. The Morgan fingerprint density at radius 3 is 2.50 bits per heavy atom. The minimum Gasteiger partial charge on any atom is -0.494 e. The highest BCUT2D eigenvalue weighted by Gasteiger charge is 2.05. The second-order valence-corrected chi connectivity index (χ2v) is 5.07. The van der Waals surface area contributed by atoms with Crippen LogP contribution in [0.4, 0.5) is 0 Å². The molecule has 4 nitrogen and oxygen atoms in total. The van der Waals surface area contributed by atoms with Crippen molar-refractivity contribution in [1.82, 2.24) is 10.6 Å². The Labute approximate surface area is 152 Å². The third-order valence-electron chi connectivity index (χ3n) is 3.61. The van der Waals surface area contributed by atoms with Crippen molar-refractivity contribution in [3.8, 4) is 5.75 Å². The van der Waals surface area contributed by atoms with Crippen molar-refractivity contribution in [1.29, 1.82) is 0 Å². The number of aliphatic imine (C=N–C) groups is 1. The van der Waals surface area contributed by atoms with E-state index >= 15 is 0 Å². The minimum atomic E-state index is 0. The highest BCUT2D eigenvalue weighted by atomic mass is 127. The summed E-state index contributed by atoms with van der Waals surface area (Å²) in [7, 11) is 1.80. The van der Waals surface area contributed by atoms with Gasteiger partial charge >= 0.3 is 0 Å². The van der Waals surface area contributed by atoms with Crippen molar-refractivity contribution < 1.29 is 4.74 Å². The molecule has 5 heteroatoms. The molecule has 0 spiro atoms. The molecule has 2 N–H and O–H groups in total. The Morgan fingerprint density at radius 2 is 1.91 bits per heavy atom. The van der Waals surface area contributed by atoms with Crippen LogP contribution in [0.5, 0.6) is 5.75 Å². The average Bonchev–Trinajstić information content (AvgIpc) is 2.52. The van der Waals surface area contributed by atoms with Gasteiger partial charge in [0.2, 0.25) is 0 Å². The molecule has 1 aromatic rings. The quantitative estimate of drug-likeness (QED) is 0.383. The number of nitrogens with zero attached hydrogens (tertiary/aromatic N) is 1. The first-order valence-electron chi connectivity index (χ1n) is 7.89. The minimum absolute atomic E-state index is 0. The largest absolute Gasteiger partial charge is 0.494 e. The van der Waals surface area contributed by atoms with Gasteiger partial charge in [-0.2, -0.15) is 0 Å². The lowest BCUT2D eigenvalue weighted by Gasteiger charge is -2.17. The lowest BCUT2D eigenvalue weighted by molar-refractivity contribution is 0.340. The van der Waals surface area contributed by atoms with Crippen molar-refractivity contribution >= 4 is 29.9 Å². The molecule has 0 radical (unpaired) electrons. The summed E-state index contributed by atoms with van der Waals surface area (Å²) in [5.74, 6) is 2.46. The summed E-state index contributed by atoms with van der Waals surface area (Å²) in [4.78, 5) is 4.27. The molecule has 0 aliphatic rings. The van der Waals surface area contributed by atoms with Gasteiger partial charge in [-0.05, 0) is 30.5 Å². The Kier molecular flexibility index (Phi) is 12.0. The number of benzene rings is 1. The van der Waals surface area contributed by atoms with E-state index in [1.54, 1.807) is 7.05 Å². The van der Waals surface area contributed by atoms with Crippen LogP contribution in [-0.4, -0.2) is 26.2 Å². The maximum atomic E-state index is 5.51. The van der Waals surface area contributed by atoms with Gasteiger partial charge in [0.05, 0.1) is 6.61 Å². The van der Waals surface area contributed by atoms with Crippen LogP contribution in [0.2, 0.25) is 0 Å². The van der Waals surface area contributed by atoms with Crippen LogP contribution < -0.4 is 15.4 Å². The molecule has 0 amide bonds. The first-order valence-corrected chi connectivity index (χ1v) is 7.89. The highest BCUT2D eigenvalue weighted by Crippen LogP contribution is 2.13. The summed E-state index contributed by atoms with van der Waals surface area (Å²) in [5.41, 5.74) is 1.19. The number of halogens is 1. The van der Waals surface area contributed by atoms with Crippen LogP contribution in [0, 0.1) is 5.92 Å². The van der Waals surface area contributed by atoms with Gasteiger partial charge in [-0.1, -0.05) is 38.8 Å². The second kappa shape index (κ2) is 12.6. The zero-order valence-electron chi connectivity index (χ0n) is 14.2. The summed E-state index contributed by atoms with van der Waals surface area (Å²) in [6.45, 7) is 8.84. The maximum absolute atomic E-state index is 5.51. The second-order valence-electron chi connectivity index (χ2n) is 5.07.